The average Bonchev–Trinajstić information content (AvgIpc) is 2.61. The average molecular weight is 360 g/mol. The molecule has 0 unspecified atom stereocenters. The van der Waals surface area contributed by atoms with Gasteiger partial charge in [-0.25, -0.2) is 0 Å². The van der Waals surface area contributed by atoms with Gasteiger partial charge in [-0.1, -0.05) is 17.7 Å². The van der Waals surface area contributed by atoms with E-state index < -0.39 is 0 Å². The van der Waals surface area contributed by atoms with Crippen molar-refractivity contribution in [2.24, 2.45) is 10.2 Å². The third-order valence-corrected chi connectivity index (χ3v) is 4.48. The summed E-state index contributed by atoms with van der Waals surface area (Å²) in [6.07, 6.45) is 0. The molecule has 138 valence electrons. The van der Waals surface area contributed by atoms with E-state index in [1.54, 1.807) is 0 Å². The van der Waals surface area contributed by atoms with Crippen LogP contribution in [0.1, 0.15) is 23.6 Å². The predicted molar refractivity (Wildman–Crippen MR) is 113 cm³/mol. The standard InChI is InChI=1S/C22H24N4O/c1-13-8-14(2)20-11-18(10-15(3)19(20)9-13)25-26-21-7-6-17(23-5)12-22(21)24-16(4)27/h6-12,23H,1-5H3,(H,24,27). The molecule has 3 aromatic rings. The highest BCUT2D eigenvalue weighted by Gasteiger charge is 2.07. The number of fused-ring (bicyclic) bond motifs is 1. The molecule has 0 aromatic heterocycles. The fourth-order valence-corrected chi connectivity index (χ4v) is 3.22. The molecule has 0 fully saturated rings. The summed E-state index contributed by atoms with van der Waals surface area (Å²) in [7, 11) is 1.83. The highest BCUT2D eigenvalue weighted by molar-refractivity contribution is 5.93. The van der Waals surface area contributed by atoms with Gasteiger partial charge in [0, 0.05) is 19.7 Å². The maximum Gasteiger partial charge on any atom is 0.221 e. The van der Waals surface area contributed by atoms with Crippen LogP contribution >= 0.6 is 0 Å². The Kier molecular flexibility index (Phi) is 5.21. The first-order chi connectivity index (χ1) is 12.9. The molecule has 3 aromatic carbocycles. The Morgan fingerprint density at radius 2 is 1.59 bits per heavy atom. The molecule has 0 saturated heterocycles. The second-order valence-electron chi connectivity index (χ2n) is 6.80. The first-order valence-electron chi connectivity index (χ1n) is 8.90. The Bertz CT molecular complexity index is 1050. The van der Waals surface area contributed by atoms with Crippen LogP contribution in [0.2, 0.25) is 0 Å². The van der Waals surface area contributed by atoms with Crippen molar-refractivity contribution >= 4 is 39.4 Å². The quantitative estimate of drug-likeness (QED) is 0.546. The van der Waals surface area contributed by atoms with Gasteiger partial charge in [-0.3, -0.25) is 4.79 Å². The molecule has 0 radical (unpaired) electrons. The fourth-order valence-electron chi connectivity index (χ4n) is 3.22. The van der Waals surface area contributed by atoms with Crippen LogP contribution in [0.3, 0.4) is 0 Å². The Morgan fingerprint density at radius 3 is 2.30 bits per heavy atom. The van der Waals surface area contributed by atoms with Gasteiger partial charge in [0.05, 0.1) is 11.4 Å². The van der Waals surface area contributed by atoms with Gasteiger partial charge < -0.3 is 10.6 Å². The lowest BCUT2D eigenvalue weighted by Crippen LogP contribution is -2.06. The number of hydrogen-bond donors (Lipinski definition) is 2. The summed E-state index contributed by atoms with van der Waals surface area (Å²) >= 11 is 0. The van der Waals surface area contributed by atoms with Crippen LogP contribution in [-0.2, 0) is 4.79 Å². The largest absolute Gasteiger partial charge is 0.388 e. The third kappa shape index (κ3) is 4.14. The molecule has 0 aliphatic carbocycles. The monoisotopic (exact) mass is 360 g/mol. The van der Waals surface area contributed by atoms with Gasteiger partial charge in [-0.2, -0.15) is 5.11 Å². The van der Waals surface area contributed by atoms with Crippen molar-refractivity contribution in [3.05, 3.63) is 59.2 Å². The number of rotatable bonds is 4. The zero-order valence-electron chi connectivity index (χ0n) is 16.3. The molecule has 0 atom stereocenters. The highest BCUT2D eigenvalue weighted by Crippen LogP contribution is 2.32. The van der Waals surface area contributed by atoms with Gasteiger partial charge in [0.25, 0.3) is 0 Å². The summed E-state index contributed by atoms with van der Waals surface area (Å²) in [4.78, 5) is 11.5. The van der Waals surface area contributed by atoms with E-state index in [-0.39, 0.29) is 5.91 Å². The van der Waals surface area contributed by atoms with E-state index in [1.165, 1.54) is 34.4 Å². The van der Waals surface area contributed by atoms with Crippen molar-refractivity contribution in [2.75, 3.05) is 17.7 Å². The van der Waals surface area contributed by atoms with Gasteiger partial charge in [0.2, 0.25) is 5.91 Å². The molecule has 3 rings (SSSR count). The molecular weight excluding hydrogens is 336 g/mol. The minimum Gasteiger partial charge on any atom is -0.388 e. The first kappa shape index (κ1) is 18.6. The zero-order valence-corrected chi connectivity index (χ0v) is 16.3. The van der Waals surface area contributed by atoms with Gasteiger partial charge in [0.15, 0.2) is 0 Å². The van der Waals surface area contributed by atoms with Crippen molar-refractivity contribution in [2.45, 2.75) is 27.7 Å². The van der Waals surface area contributed by atoms with E-state index in [4.69, 9.17) is 0 Å². The third-order valence-electron chi connectivity index (χ3n) is 4.48. The number of carbonyl (C=O) groups is 1. The van der Waals surface area contributed by atoms with Crippen LogP contribution in [0.25, 0.3) is 10.8 Å². The van der Waals surface area contributed by atoms with E-state index >= 15 is 0 Å². The number of nitrogens with zero attached hydrogens (tertiary/aromatic N) is 2. The van der Waals surface area contributed by atoms with Crippen molar-refractivity contribution in [1.29, 1.82) is 0 Å². The zero-order chi connectivity index (χ0) is 19.6. The number of carbonyl (C=O) groups excluding carboxylic acids is 1. The Hall–Kier alpha value is -3.21. The Morgan fingerprint density at radius 1 is 0.889 bits per heavy atom. The lowest BCUT2D eigenvalue weighted by atomic mass is 9.98. The topological polar surface area (TPSA) is 65.8 Å². The lowest BCUT2D eigenvalue weighted by Gasteiger charge is -2.10. The smallest absolute Gasteiger partial charge is 0.221 e. The van der Waals surface area contributed by atoms with Gasteiger partial charge >= 0.3 is 0 Å². The Balaban J connectivity index is 2.02. The molecule has 0 aliphatic heterocycles. The summed E-state index contributed by atoms with van der Waals surface area (Å²) in [5.41, 5.74) is 6.57. The lowest BCUT2D eigenvalue weighted by molar-refractivity contribution is -0.114. The van der Waals surface area contributed by atoms with Crippen LogP contribution in [0.15, 0.2) is 52.7 Å². The van der Waals surface area contributed by atoms with Crippen molar-refractivity contribution in [1.82, 2.24) is 0 Å². The summed E-state index contributed by atoms with van der Waals surface area (Å²) in [6, 6.07) is 14.0. The van der Waals surface area contributed by atoms with E-state index in [0.29, 0.717) is 11.4 Å². The van der Waals surface area contributed by atoms with Gasteiger partial charge in [-0.05, 0) is 73.0 Å². The van der Waals surface area contributed by atoms with Crippen LogP contribution < -0.4 is 10.6 Å². The molecule has 27 heavy (non-hydrogen) atoms. The van der Waals surface area contributed by atoms with Crippen molar-refractivity contribution in [3.63, 3.8) is 0 Å². The van der Waals surface area contributed by atoms with E-state index in [9.17, 15) is 4.79 Å². The van der Waals surface area contributed by atoms with Gasteiger partial charge in [0.1, 0.15) is 5.69 Å². The molecule has 0 heterocycles. The molecule has 0 saturated carbocycles. The van der Waals surface area contributed by atoms with Crippen LogP contribution in [0.5, 0.6) is 0 Å². The van der Waals surface area contributed by atoms with Crippen LogP contribution in [-0.4, -0.2) is 13.0 Å². The number of anilines is 2. The highest BCUT2D eigenvalue weighted by atomic mass is 16.1. The number of azo groups is 1. The number of nitrogens with one attached hydrogen (secondary N) is 2. The van der Waals surface area contributed by atoms with E-state index in [0.717, 1.165) is 11.4 Å². The minimum atomic E-state index is -0.146. The summed E-state index contributed by atoms with van der Waals surface area (Å²) < 4.78 is 0. The molecule has 0 bridgehead atoms. The molecule has 1 amide bonds. The second kappa shape index (κ2) is 7.58. The van der Waals surface area contributed by atoms with Crippen LogP contribution in [0.4, 0.5) is 22.7 Å². The molecule has 2 N–H and O–H groups in total. The second-order valence-corrected chi connectivity index (χ2v) is 6.80. The molecular formula is C22H24N4O. The molecule has 0 spiro atoms. The van der Waals surface area contributed by atoms with Crippen LogP contribution in [0, 0.1) is 20.8 Å². The van der Waals surface area contributed by atoms with E-state index in [2.05, 4.69) is 59.8 Å². The Labute approximate surface area is 159 Å². The summed E-state index contributed by atoms with van der Waals surface area (Å²) in [6.45, 7) is 7.79. The van der Waals surface area contributed by atoms with Crippen molar-refractivity contribution in [3.8, 4) is 0 Å². The molecule has 0 aliphatic rings. The fraction of sp³-hybridized carbons (Fsp3) is 0.227. The SMILES string of the molecule is CNc1ccc(N=Nc2cc(C)c3cc(C)cc(C)c3c2)c(NC(C)=O)c1. The summed E-state index contributed by atoms with van der Waals surface area (Å²) in [5.74, 6) is -0.146. The number of hydrogen-bond acceptors (Lipinski definition) is 4. The number of aryl methyl sites for hydroxylation is 3. The maximum atomic E-state index is 11.5. The normalized spacial score (nSPS) is 11.1. The van der Waals surface area contributed by atoms with E-state index in [1.807, 2.05) is 31.3 Å². The molecule has 5 heteroatoms. The summed E-state index contributed by atoms with van der Waals surface area (Å²) in [5, 5.41) is 17.1. The minimum absolute atomic E-state index is 0.146. The maximum absolute atomic E-state index is 11.5. The predicted octanol–water partition coefficient (Wildman–Crippen LogP) is 6.18. The molecule has 5 nitrogen and oxygen atoms in total. The van der Waals surface area contributed by atoms with Gasteiger partial charge in [-0.15, -0.1) is 5.11 Å². The van der Waals surface area contributed by atoms with Crippen molar-refractivity contribution < 1.29 is 4.79 Å². The first-order valence-corrected chi connectivity index (χ1v) is 8.90. The number of amides is 1. The number of benzene rings is 3.